The van der Waals surface area contributed by atoms with E-state index in [4.69, 9.17) is 11.6 Å². The molecule has 0 aromatic carbocycles. The first kappa shape index (κ1) is 10.6. The molecule has 2 heteroatoms. The topological polar surface area (TPSA) is 12.0 Å². The summed E-state index contributed by atoms with van der Waals surface area (Å²) in [6, 6.07) is 0. The molecule has 0 aromatic rings. The molecule has 0 saturated carbocycles. The molecule has 1 fully saturated rings. The molecule has 0 aromatic heterocycles. The Morgan fingerprint density at radius 3 is 2.62 bits per heavy atom. The summed E-state index contributed by atoms with van der Waals surface area (Å²) < 4.78 is 0. The van der Waals surface area contributed by atoms with Crippen LogP contribution in [-0.2, 0) is 0 Å². The van der Waals surface area contributed by atoms with Crippen LogP contribution in [0.2, 0.25) is 0 Å². The zero-order valence-corrected chi connectivity index (χ0v) is 8.56. The molecule has 72 valence electrons. The van der Waals surface area contributed by atoms with Gasteiger partial charge in [0, 0.05) is 5.54 Å². The fourth-order valence-corrected chi connectivity index (χ4v) is 1.75. The molecule has 1 heterocycles. The van der Waals surface area contributed by atoms with E-state index >= 15 is 0 Å². The molecule has 0 unspecified atom stereocenters. The van der Waals surface area contributed by atoms with Crippen molar-refractivity contribution in [2.75, 3.05) is 13.1 Å². The van der Waals surface area contributed by atoms with Crippen LogP contribution in [0.3, 0.4) is 0 Å². The Morgan fingerprint density at radius 2 is 2.08 bits per heavy atom. The fourth-order valence-electron chi connectivity index (χ4n) is 1.67. The van der Waals surface area contributed by atoms with Gasteiger partial charge in [0.15, 0.2) is 0 Å². The number of allylic oxidation sites excluding steroid dienone is 4. The van der Waals surface area contributed by atoms with Crippen molar-refractivity contribution in [1.29, 1.82) is 0 Å². The van der Waals surface area contributed by atoms with E-state index in [1.165, 1.54) is 23.9 Å². The average molecular weight is 198 g/mol. The first-order chi connectivity index (χ1) is 6.38. The quantitative estimate of drug-likeness (QED) is 0.687. The lowest BCUT2D eigenvalue weighted by Crippen LogP contribution is -2.28. The fraction of sp³-hybridized carbons (Fsp3) is 0.455. The molecule has 1 aliphatic rings. The summed E-state index contributed by atoms with van der Waals surface area (Å²) >= 11 is 5.47. The maximum absolute atomic E-state index is 5.47. The minimum absolute atomic E-state index is 0.659. The normalized spacial score (nSPS) is 20.8. The summed E-state index contributed by atoms with van der Waals surface area (Å²) in [5.41, 5.74) is 2.84. The van der Waals surface area contributed by atoms with Gasteiger partial charge in [0.1, 0.15) is 0 Å². The number of nitrogens with one attached hydrogen (secondary N) is 1. The number of hydrogen-bond donors (Lipinski definition) is 1. The number of halogens is 1. The van der Waals surface area contributed by atoms with Gasteiger partial charge in [0.2, 0.25) is 0 Å². The van der Waals surface area contributed by atoms with Crippen molar-refractivity contribution in [2.45, 2.75) is 12.8 Å². The third-order valence-corrected chi connectivity index (χ3v) is 2.55. The highest BCUT2D eigenvalue weighted by Gasteiger charge is 2.14. The van der Waals surface area contributed by atoms with Crippen molar-refractivity contribution in [2.24, 2.45) is 5.92 Å². The zero-order valence-electron chi connectivity index (χ0n) is 7.80. The van der Waals surface area contributed by atoms with Gasteiger partial charge >= 0.3 is 0 Å². The van der Waals surface area contributed by atoms with E-state index < -0.39 is 0 Å². The Kier molecular flexibility index (Phi) is 4.87. The maximum Gasteiger partial charge on any atom is 0.00425 e. The van der Waals surface area contributed by atoms with Gasteiger partial charge in [-0.15, -0.1) is 0 Å². The first-order valence-corrected chi connectivity index (χ1v) is 5.12. The minimum atomic E-state index is 0.659. The lowest BCUT2D eigenvalue weighted by molar-refractivity contribution is 0.425. The van der Waals surface area contributed by atoms with Crippen molar-refractivity contribution in [3.8, 4) is 0 Å². The minimum Gasteiger partial charge on any atom is -0.317 e. The molecule has 1 saturated heterocycles. The predicted molar refractivity (Wildman–Crippen MR) is 58.9 cm³/mol. The van der Waals surface area contributed by atoms with Crippen LogP contribution in [0, 0.1) is 5.92 Å². The van der Waals surface area contributed by atoms with Crippen molar-refractivity contribution in [3.63, 3.8) is 0 Å². The van der Waals surface area contributed by atoms with E-state index in [1.54, 1.807) is 0 Å². The summed E-state index contributed by atoms with van der Waals surface area (Å²) in [6.45, 7) is 6.05. The molecule has 1 nitrogen and oxygen atoms in total. The number of piperidine rings is 1. The summed E-state index contributed by atoms with van der Waals surface area (Å²) in [5, 5.41) is 3.34. The van der Waals surface area contributed by atoms with E-state index in [1.807, 2.05) is 12.2 Å². The van der Waals surface area contributed by atoms with Crippen LogP contribution in [-0.4, -0.2) is 13.1 Å². The van der Waals surface area contributed by atoms with E-state index in [9.17, 15) is 0 Å². The average Bonchev–Trinajstić information content (AvgIpc) is 2.21. The summed E-state index contributed by atoms with van der Waals surface area (Å²) in [7, 11) is 0. The highest BCUT2D eigenvalue weighted by Crippen LogP contribution is 2.21. The highest BCUT2D eigenvalue weighted by molar-refractivity contribution is 6.25. The SMILES string of the molecule is C=C/C(=C\C=C\Cl)C1CCNCC1. The Bertz CT molecular complexity index is 212. The molecule has 1 rings (SSSR count). The Balaban J connectivity index is 2.58. The van der Waals surface area contributed by atoms with Crippen LogP contribution in [0.15, 0.2) is 35.9 Å². The summed E-state index contributed by atoms with van der Waals surface area (Å²) in [4.78, 5) is 0. The summed E-state index contributed by atoms with van der Waals surface area (Å²) in [6.07, 6.45) is 8.26. The third kappa shape index (κ3) is 3.37. The molecule has 0 aliphatic carbocycles. The van der Waals surface area contributed by atoms with Crippen LogP contribution in [0.4, 0.5) is 0 Å². The van der Waals surface area contributed by atoms with Gasteiger partial charge in [-0.25, -0.2) is 0 Å². The van der Waals surface area contributed by atoms with Crippen LogP contribution in [0.25, 0.3) is 0 Å². The van der Waals surface area contributed by atoms with Gasteiger partial charge in [-0.1, -0.05) is 36.4 Å². The van der Waals surface area contributed by atoms with Gasteiger partial charge in [0.25, 0.3) is 0 Å². The van der Waals surface area contributed by atoms with Gasteiger partial charge in [-0.3, -0.25) is 0 Å². The van der Waals surface area contributed by atoms with E-state index in [2.05, 4.69) is 18.0 Å². The molecule has 0 radical (unpaired) electrons. The monoisotopic (exact) mass is 197 g/mol. The molecule has 0 bridgehead atoms. The second-order valence-corrected chi connectivity index (χ2v) is 3.47. The zero-order chi connectivity index (χ0) is 9.52. The van der Waals surface area contributed by atoms with Crippen LogP contribution < -0.4 is 5.32 Å². The Hall–Kier alpha value is -0.530. The molecule has 1 aliphatic heterocycles. The molecule has 1 N–H and O–H groups in total. The Morgan fingerprint density at radius 1 is 1.38 bits per heavy atom. The van der Waals surface area contributed by atoms with Crippen molar-refractivity contribution < 1.29 is 0 Å². The van der Waals surface area contributed by atoms with Gasteiger partial charge in [-0.2, -0.15) is 0 Å². The molecule has 0 atom stereocenters. The van der Waals surface area contributed by atoms with Crippen molar-refractivity contribution in [1.82, 2.24) is 5.32 Å². The molecule has 13 heavy (non-hydrogen) atoms. The second kappa shape index (κ2) is 6.01. The van der Waals surface area contributed by atoms with Gasteiger partial charge in [0.05, 0.1) is 0 Å². The largest absolute Gasteiger partial charge is 0.317 e. The highest BCUT2D eigenvalue weighted by atomic mass is 35.5. The lowest BCUT2D eigenvalue weighted by Gasteiger charge is -2.23. The molecule has 0 amide bonds. The smallest absolute Gasteiger partial charge is 0.00425 e. The van der Waals surface area contributed by atoms with Gasteiger partial charge in [-0.05, 0) is 37.4 Å². The predicted octanol–water partition coefficient (Wildman–Crippen LogP) is 2.85. The van der Waals surface area contributed by atoms with E-state index in [0.29, 0.717) is 5.92 Å². The molecular formula is C11H16ClN. The number of hydrogen-bond acceptors (Lipinski definition) is 1. The Labute approximate surface area is 85.2 Å². The molecule has 0 spiro atoms. The van der Waals surface area contributed by atoms with Crippen LogP contribution >= 0.6 is 11.6 Å². The van der Waals surface area contributed by atoms with Crippen LogP contribution in [0.1, 0.15) is 12.8 Å². The number of rotatable bonds is 3. The van der Waals surface area contributed by atoms with Crippen molar-refractivity contribution in [3.05, 3.63) is 35.9 Å². The van der Waals surface area contributed by atoms with Gasteiger partial charge < -0.3 is 5.32 Å². The summed E-state index contributed by atoms with van der Waals surface area (Å²) in [5.74, 6) is 0.659. The van der Waals surface area contributed by atoms with E-state index in [-0.39, 0.29) is 0 Å². The molecular weight excluding hydrogens is 182 g/mol. The lowest BCUT2D eigenvalue weighted by atomic mass is 9.90. The van der Waals surface area contributed by atoms with Crippen LogP contribution in [0.5, 0.6) is 0 Å². The van der Waals surface area contributed by atoms with E-state index in [0.717, 1.165) is 13.1 Å². The standard InChI is InChI=1S/C11H16ClN/c1-2-10(4-3-7-12)11-5-8-13-9-6-11/h2-4,7,11,13H,1,5-6,8-9H2/b7-3+,10-4+. The van der Waals surface area contributed by atoms with Crippen molar-refractivity contribution >= 4 is 11.6 Å². The third-order valence-electron chi connectivity index (χ3n) is 2.41. The maximum atomic E-state index is 5.47. The second-order valence-electron chi connectivity index (χ2n) is 3.21. The first-order valence-electron chi connectivity index (χ1n) is 4.68.